The zero-order valence-electron chi connectivity index (χ0n) is 17.9. The topological polar surface area (TPSA) is 84.9 Å². The van der Waals surface area contributed by atoms with Crippen molar-refractivity contribution >= 4 is 52.7 Å². The van der Waals surface area contributed by atoms with Gasteiger partial charge in [0, 0.05) is 0 Å². The van der Waals surface area contributed by atoms with Gasteiger partial charge in [0.1, 0.15) is 5.57 Å². The van der Waals surface area contributed by atoms with Crippen LogP contribution in [-0.2, 0) is 9.59 Å². The Balaban J connectivity index is 1.59. The van der Waals surface area contributed by atoms with E-state index in [0.717, 1.165) is 0 Å². The highest BCUT2D eigenvalue weighted by atomic mass is 35.5. The number of esters is 1. The number of amides is 2. The van der Waals surface area contributed by atoms with Crippen molar-refractivity contribution in [3.63, 3.8) is 0 Å². The van der Waals surface area contributed by atoms with Gasteiger partial charge in [-0.1, -0.05) is 47.5 Å². The largest absolute Gasteiger partial charge is 0.490 e. The summed E-state index contributed by atoms with van der Waals surface area (Å²) in [5.74, 6) is -1.20. The molecular formula is C25H18Cl2N2O5. The van der Waals surface area contributed by atoms with Crippen LogP contribution in [0.5, 0.6) is 11.5 Å². The van der Waals surface area contributed by atoms with E-state index in [1.165, 1.54) is 35.4 Å². The summed E-state index contributed by atoms with van der Waals surface area (Å²) < 4.78 is 11.1. The molecule has 34 heavy (non-hydrogen) atoms. The van der Waals surface area contributed by atoms with Crippen LogP contribution in [0, 0.1) is 0 Å². The summed E-state index contributed by atoms with van der Waals surface area (Å²) in [5.41, 5.74) is 3.80. The van der Waals surface area contributed by atoms with Crippen molar-refractivity contribution in [2.45, 2.75) is 6.92 Å². The molecule has 1 saturated heterocycles. The predicted octanol–water partition coefficient (Wildman–Crippen LogP) is 5.07. The highest BCUT2D eigenvalue weighted by Crippen LogP contribution is 2.31. The fourth-order valence-electron chi connectivity index (χ4n) is 3.23. The van der Waals surface area contributed by atoms with Crippen LogP contribution in [0.3, 0.4) is 0 Å². The number of halogens is 2. The number of anilines is 1. The number of benzene rings is 3. The van der Waals surface area contributed by atoms with Gasteiger partial charge in [-0.3, -0.25) is 15.0 Å². The maximum Gasteiger partial charge on any atom is 0.343 e. The van der Waals surface area contributed by atoms with Gasteiger partial charge in [0.15, 0.2) is 11.5 Å². The van der Waals surface area contributed by atoms with E-state index in [4.69, 9.17) is 32.7 Å². The maximum absolute atomic E-state index is 12.8. The minimum Gasteiger partial charge on any atom is -0.490 e. The summed E-state index contributed by atoms with van der Waals surface area (Å²) in [6.07, 6.45) is 1.45. The van der Waals surface area contributed by atoms with E-state index in [0.29, 0.717) is 22.9 Å². The second kappa shape index (κ2) is 9.99. The number of ether oxygens (including phenoxy) is 2. The van der Waals surface area contributed by atoms with Crippen LogP contribution in [0.25, 0.3) is 6.08 Å². The summed E-state index contributed by atoms with van der Waals surface area (Å²) >= 11 is 11.9. The van der Waals surface area contributed by atoms with Gasteiger partial charge in [-0.15, -0.1) is 0 Å². The Labute approximate surface area is 205 Å². The summed E-state index contributed by atoms with van der Waals surface area (Å²) in [5, 5.41) is 1.74. The number of carbonyl (C=O) groups excluding carboxylic acids is 3. The maximum atomic E-state index is 12.8. The van der Waals surface area contributed by atoms with Crippen LogP contribution in [0.4, 0.5) is 5.69 Å². The molecule has 4 rings (SSSR count). The first-order valence-electron chi connectivity index (χ1n) is 10.2. The van der Waals surface area contributed by atoms with Gasteiger partial charge >= 0.3 is 5.97 Å². The molecule has 1 heterocycles. The van der Waals surface area contributed by atoms with E-state index in [9.17, 15) is 14.4 Å². The molecular weight excluding hydrogens is 479 g/mol. The molecule has 1 aliphatic heterocycles. The van der Waals surface area contributed by atoms with E-state index in [-0.39, 0.29) is 27.7 Å². The zero-order chi connectivity index (χ0) is 24.2. The lowest BCUT2D eigenvalue weighted by atomic mass is 10.1. The first-order chi connectivity index (χ1) is 16.4. The van der Waals surface area contributed by atoms with Crippen LogP contribution in [0.2, 0.25) is 10.0 Å². The third-order valence-electron chi connectivity index (χ3n) is 4.84. The second-order valence-corrected chi connectivity index (χ2v) is 7.95. The van der Waals surface area contributed by atoms with Crippen molar-refractivity contribution in [2.24, 2.45) is 0 Å². The lowest BCUT2D eigenvalue weighted by molar-refractivity contribution is -0.117. The van der Waals surface area contributed by atoms with Crippen molar-refractivity contribution in [1.29, 1.82) is 0 Å². The molecule has 7 nitrogen and oxygen atoms in total. The summed E-state index contributed by atoms with van der Waals surface area (Å²) in [6, 6.07) is 17.9. The lowest BCUT2D eigenvalue weighted by Gasteiger charge is -2.14. The Hall–Kier alpha value is -3.81. The Bertz CT molecular complexity index is 1310. The van der Waals surface area contributed by atoms with Gasteiger partial charge in [-0.2, -0.15) is 0 Å². The molecule has 0 radical (unpaired) electrons. The molecule has 3 aromatic rings. The number of para-hydroxylation sites is 1. The Kier molecular flexibility index (Phi) is 6.86. The smallest absolute Gasteiger partial charge is 0.343 e. The number of hydrazine groups is 1. The first kappa shape index (κ1) is 23.4. The standard InChI is InChI=1S/C25H18Cl2N2O5/c1-2-33-22-13-15(8-11-21(22)34-25(32)16-9-10-19(26)20(27)14-16)12-18-23(30)28-29(24(18)31)17-6-4-3-5-7-17/h3-14H,2H2,1H3,(H,28,30)/b18-12+. The second-order valence-electron chi connectivity index (χ2n) is 7.13. The third kappa shape index (κ3) is 4.90. The van der Waals surface area contributed by atoms with Gasteiger partial charge in [0.25, 0.3) is 11.8 Å². The number of hydrogen-bond acceptors (Lipinski definition) is 5. The highest BCUT2D eigenvalue weighted by molar-refractivity contribution is 6.42. The van der Waals surface area contributed by atoms with E-state index >= 15 is 0 Å². The predicted molar refractivity (Wildman–Crippen MR) is 129 cm³/mol. The quantitative estimate of drug-likeness (QED) is 0.223. The van der Waals surface area contributed by atoms with Gasteiger partial charge < -0.3 is 9.47 Å². The normalized spacial score (nSPS) is 14.3. The van der Waals surface area contributed by atoms with E-state index in [2.05, 4.69) is 5.43 Å². The van der Waals surface area contributed by atoms with E-state index in [1.54, 1.807) is 43.3 Å². The van der Waals surface area contributed by atoms with Gasteiger partial charge in [-0.05, 0) is 61.0 Å². The Morgan fingerprint density at radius 3 is 2.44 bits per heavy atom. The number of hydrogen-bond donors (Lipinski definition) is 1. The lowest BCUT2D eigenvalue weighted by Crippen LogP contribution is -2.35. The first-order valence-corrected chi connectivity index (χ1v) is 11.0. The molecule has 3 aromatic carbocycles. The molecule has 1 fully saturated rings. The average Bonchev–Trinajstić information content (AvgIpc) is 3.11. The van der Waals surface area contributed by atoms with Crippen LogP contribution < -0.4 is 19.9 Å². The number of nitrogens with one attached hydrogen (secondary N) is 1. The van der Waals surface area contributed by atoms with Crippen molar-refractivity contribution in [2.75, 3.05) is 11.6 Å². The molecule has 0 bridgehead atoms. The highest BCUT2D eigenvalue weighted by Gasteiger charge is 2.34. The molecule has 9 heteroatoms. The molecule has 1 aliphatic rings. The molecule has 1 N–H and O–H groups in total. The molecule has 0 saturated carbocycles. The monoisotopic (exact) mass is 496 g/mol. The number of nitrogens with zero attached hydrogens (tertiary/aromatic N) is 1. The fourth-order valence-corrected chi connectivity index (χ4v) is 3.53. The van der Waals surface area contributed by atoms with Crippen molar-refractivity contribution in [3.8, 4) is 11.5 Å². The molecule has 0 aromatic heterocycles. The van der Waals surface area contributed by atoms with E-state index in [1.807, 2.05) is 6.07 Å². The number of rotatable bonds is 6. The molecule has 172 valence electrons. The Morgan fingerprint density at radius 2 is 1.74 bits per heavy atom. The van der Waals surface area contributed by atoms with Crippen molar-refractivity contribution < 1.29 is 23.9 Å². The Morgan fingerprint density at radius 1 is 0.971 bits per heavy atom. The average molecular weight is 497 g/mol. The van der Waals surface area contributed by atoms with Crippen molar-refractivity contribution in [3.05, 3.63) is 93.5 Å². The van der Waals surface area contributed by atoms with Crippen LogP contribution in [0.1, 0.15) is 22.8 Å². The van der Waals surface area contributed by atoms with Gasteiger partial charge in [-0.25, -0.2) is 9.80 Å². The summed E-state index contributed by atoms with van der Waals surface area (Å²) in [7, 11) is 0. The zero-order valence-corrected chi connectivity index (χ0v) is 19.4. The third-order valence-corrected chi connectivity index (χ3v) is 5.58. The van der Waals surface area contributed by atoms with Crippen molar-refractivity contribution in [1.82, 2.24) is 5.43 Å². The van der Waals surface area contributed by atoms with Crippen LogP contribution >= 0.6 is 23.2 Å². The molecule has 0 spiro atoms. The van der Waals surface area contributed by atoms with Crippen LogP contribution in [-0.4, -0.2) is 24.4 Å². The molecule has 0 atom stereocenters. The minimum atomic E-state index is -0.644. The molecule has 0 aliphatic carbocycles. The van der Waals surface area contributed by atoms with Gasteiger partial charge in [0.2, 0.25) is 0 Å². The number of carbonyl (C=O) groups is 3. The van der Waals surface area contributed by atoms with Crippen LogP contribution in [0.15, 0.2) is 72.3 Å². The minimum absolute atomic E-state index is 0.0353. The fraction of sp³-hybridized carbons (Fsp3) is 0.0800. The molecule has 0 unspecified atom stereocenters. The van der Waals surface area contributed by atoms with Gasteiger partial charge in [0.05, 0.1) is 27.9 Å². The SMILES string of the molecule is CCOc1cc(/C=C2\C(=O)NN(c3ccccc3)C2=O)ccc1OC(=O)c1ccc(Cl)c(Cl)c1. The van der Waals surface area contributed by atoms with E-state index < -0.39 is 17.8 Å². The molecule has 2 amide bonds. The summed E-state index contributed by atoms with van der Waals surface area (Å²) in [6.45, 7) is 2.08. The summed E-state index contributed by atoms with van der Waals surface area (Å²) in [4.78, 5) is 37.8.